The SMILES string of the molecule is COc1cc(OC(F)(F)F)ccc1Oc1cnc(C(F)(F)F)c(C)c1C(=O)Nc1cc(C(N)=O)ncc1C. The summed E-state index contributed by atoms with van der Waals surface area (Å²) in [6.07, 6.45) is -8.06. The van der Waals surface area contributed by atoms with Gasteiger partial charge in [-0.3, -0.25) is 14.6 Å². The molecule has 0 aliphatic carbocycles. The van der Waals surface area contributed by atoms with Crippen molar-refractivity contribution in [1.82, 2.24) is 9.97 Å². The molecule has 0 fully saturated rings. The topological polar surface area (TPSA) is 126 Å². The molecule has 2 aromatic heterocycles. The van der Waals surface area contributed by atoms with Crippen LogP contribution in [0.1, 0.15) is 37.7 Å². The average Bonchev–Trinajstić information content (AvgIpc) is 2.79. The molecule has 0 saturated carbocycles. The first kappa shape index (κ1) is 28.0. The molecule has 1 aromatic carbocycles. The maximum atomic E-state index is 13.6. The van der Waals surface area contributed by atoms with Crippen LogP contribution in [0.2, 0.25) is 0 Å². The van der Waals surface area contributed by atoms with Crippen molar-refractivity contribution in [3.63, 3.8) is 0 Å². The molecule has 15 heteroatoms. The third-order valence-electron chi connectivity index (χ3n) is 4.98. The Hall–Kier alpha value is -4.56. The zero-order chi connectivity index (χ0) is 28.4. The number of anilines is 1. The first-order valence-corrected chi connectivity index (χ1v) is 10.4. The minimum atomic E-state index is -4.99. The molecule has 0 radical (unpaired) electrons. The number of rotatable bonds is 7. The summed E-state index contributed by atoms with van der Waals surface area (Å²) in [5, 5.41) is 2.39. The van der Waals surface area contributed by atoms with Gasteiger partial charge in [-0.1, -0.05) is 0 Å². The summed E-state index contributed by atoms with van der Waals surface area (Å²) in [7, 11) is 1.10. The van der Waals surface area contributed by atoms with Crippen molar-refractivity contribution in [2.45, 2.75) is 26.4 Å². The number of benzene rings is 1. The van der Waals surface area contributed by atoms with E-state index >= 15 is 0 Å². The fourth-order valence-corrected chi connectivity index (χ4v) is 3.26. The summed E-state index contributed by atoms with van der Waals surface area (Å²) in [6.45, 7) is 2.50. The summed E-state index contributed by atoms with van der Waals surface area (Å²) in [4.78, 5) is 31.8. The Kier molecular flexibility index (Phi) is 7.69. The van der Waals surface area contributed by atoms with Crippen LogP contribution in [0.5, 0.6) is 23.0 Å². The number of amides is 2. The second-order valence-electron chi connectivity index (χ2n) is 7.63. The lowest BCUT2D eigenvalue weighted by Gasteiger charge is -2.19. The molecule has 38 heavy (non-hydrogen) atoms. The van der Waals surface area contributed by atoms with Crippen LogP contribution < -0.4 is 25.3 Å². The lowest BCUT2D eigenvalue weighted by atomic mass is 10.0. The monoisotopic (exact) mass is 544 g/mol. The molecular formula is C23H18F6N4O5. The number of primary amides is 1. The van der Waals surface area contributed by atoms with E-state index in [0.717, 1.165) is 38.3 Å². The van der Waals surface area contributed by atoms with E-state index in [-0.39, 0.29) is 22.9 Å². The van der Waals surface area contributed by atoms with E-state index in [9.17, 15) is 35.9 Å². The fourth-order valence-electron chi connectivity index (χ4n) is 3.26. The quantitative estimate of drug-likeness (QED) is 0.394. The summed E-state index contributed by atoms with van der Waals surface area (Å²) in [5.74, 6) is -3.66. The van der Waals surface area contributed by atoms with Crippen LogP contribution in [0.3, 0.4) is 0 Å². The van der Waals surface area contributed by atoms with E-state index in [2.05, 4.69) is 20.0 Å². The molecule has 9 nitrogen and oxygen atoms in total. The number of halogens is 6. The second-order valence-corrected chi connectivity index (χ2v) is 7.63. The standard InChI is InChI=1S/C23H18F6N4O5/c1-10-8-31-14(20(30)34)7-13(10)33-21(35)18-11(2)19(22(24,25)26)32-9-17(18)37-15-5-4-12(6-16(15)36-3)38-23(27,28)29/h4-9H,1-3H3,(H2,30,34)(H,31,33,35). The van der Waals surface area contributed by atoms with Crippen molar-refractivity contribution >= 4 is 17.5 Å². The van der Waals surface area contributed by atoms with Gasteiger partial charge in [-0.15, -0.1) is 13.2 Å². The molecule has 2 heterocycles. The molecule has 0 spiro atoms. The lowest BCUT2D eigenvalue weighted by molar-refractivity contribution is -0.274. The van der Waals surface area contributed by atoms with E-state index in [1.54, 1.807) is 0 Å². The summed E-state index contributed by atoms with van der Waals surface area (Å²) >= 11 is 0. The van der Waals surface area contributed by atoms with E-state index in [1.165, 1.54) is 13.1 Å². The van der Waals surface area contributed by atoms with Crippen LogP contribution in [-0.4, -0.2) is 35.3 Å². The van der Waals surface area contributed by atoms with Gasteiger partial charge in [0.05, 0.1) is 18.9 Å². The highest BCUT2D eigenvalue weighted by atomic mass is 19.4. The number of methoxy groups -OCH3 is 1. The van der Waals surface area contributed by atoms with Gasteiger partial charge in [0.25, 0.3) is 11.8 Å². The predicted molar refractivity (Wildman–Crippen MR) is 119 cm³/mol. The Morgan fingerprint density at radius 1 is 0.947 bits per heavy atom. The first-order chi connectivity index (χ1) is 17.6. The minimum absolute atomic E-state index is 0.0285. The molecule has 0 bridgehead atoms. The smallest absolute Gasteiger partial charge is 0.493 e. The van der Waals surface area contributed by atoms with Crippen molar-refractivity contribution in [3.05, 3.63) is 64.7 Å². The molecule has 3 aromatic rings. The van der Waals surface area contributed by atoms with Gasteiger partial charge in [-0.2, -0.15) is 13.2 Å². The van der Waals surface area contributed by atoms with E-state index < -0.39 is 52.7 Å². The number of carbonyl (C=O) groups is 2. The molecule has 202 valence electrons. The summed E-state index contributed by atoms with van der Waals surface area (Å²) in [6, 6.07) is 3.85. The van der Waals surface area contributed by atoms with Gasteiger partial charge in [0.15, 0.2) is 17.2 Å². The van der Waals surface area contributed by atoms with Gasteiger partial charge in [-0.05, 0) is 43.2 Å². The molecule has 0 aliphatic heterocycles. The van der Waals surface area contributed by atoms with Gasteiger partial charge in [0.1, 0.15) is 17.1 Å². The van der Waals surface area contributed by atoms with Crippen molar-refractivity contribution < 1.29 is 50.1 Å². The van der Waals surface area contributed by atoms with Gasteiger partial charge >= 0.3 is 12.5 Å². The number of pyridine rings is 2. The second kappa shape index (κ2) is 10.4. The average molecular weight is 544 g/mol. The van der Waals surface area contributed by atoms with Crippen molar-refractivity contribution in [1.29, 1.82) is 0 Å². The lowest BCUT2D eigenvalue weighted by Crippen LogP contribution is -2.20. The van der Waals surface area contributed by atoms with Gasteiger partial charge < -0.3 is 25.3 Å². The Balaban J connectivity index is 2.08. The molecule has 3 rings (SSSR count). The molecule has 0 unspecified atom stereocenters. The number of hydrogen-bond donors (Lipinski definition) is 2. The number of aromatic nitrogens is 2. The molecule has 0 aliphatic rings. The third kappa shape index (κ3) is 6.41. The van der Waals surface area contributed by atoms with Crippen LogP contribution >= 0.6 is 0 Å². The highest BCUT2D eigenvalue weighted by molar-refractivity contribution is 6.08. The molecule has 0 atom stereocenters. The summed E-state index contributed by atoms with van der Waals surface area (Å²) in [5.41, 5.74) is 2.79. The Labute approximate surface area is 210 Å². The Morgan fingerprint density at radius 2 is 1.63 bits per heavy atom. The number of hydrogen-bond acceptors (Lipinski definition) is 7. The van der Waals surface area contributed by atoms with Crippen molar-refractivity contribution in [2.75, 3.05) is 12.4 Å². The highest BCUT2D eigenvalue weighted by Crippen LogP contribution is 2.40. The van der Waals surface area contributed by atoms with Crippen LogP contribution in [0.15, 0.2) is 36.7 Å². The van der Waals surface area contributed by atoms with Crippen LogP contribution in [0.4, 0.5) is 32.0 Å². The van der Waals surface area contributed by atoms with Gasteiger partial charge in [0, 0.05) is 18.0 Å². The number of alkyl halides is 6. The van der Waals surface area contributed by atoms with Crippen LogP contribution in [0, 0.1) is 13.8 Å². The van der Waals surface area contributed by atoms with Gasteiger partial charge in [-0.25, -0.2) is 4.98 Å². The first-order valence-electron chi connectivity index (χ1n) is 10.4. The minimum Gasteiger partial charge on any atom is -0.493 e. The highest BCUT2D eigenvalue weighted by Gasteiger charge is 2.37. The Bertz CT molecular complexity index is 1390. The number of nitrogens with zero attached hydrogens (tertiary/aromatic N) is 2. The van der Waals surface area contributed by atoms with E-state index in [0.29, 0.717) is 11.8 Å². The number of aryl methyl sites for hydroxylation is 1. The third-order valence-corrected chi connectivity index (χ3v) is 4.98. The van der Waals surface area contributed by atoms with Crippen molar-refractivity contribution in [3.8, 4) is 23.0 Å². The molecule has 3 N–H and O–H groups in total. The number of ether oxygens (including phenoxy) is 3. The Morgan fingerprint density at radius 3 is 2.21 bits per heavy atom. The molecular weight excluding hydrogens is 526 g/mol. The number of carbonyl (C=O) groups excluding carboxylic acids is 2. The number of nitrogens with one attached hydrogen (secondary N) is 1. The summed E-state index contributed by atoms with van der Waals surface area (Å²) < 4.78 is 92.7. The molecule has 0 saturated heterocycles. The van der Waals surface area contributed by atoms with Crippen LogP contribution in [0.25, 0.3) is 0 Å². The zero-order valence-corrected chi connectivity index (χ0v) is 19.7. The van der Waals surface area contributed by atoms with Crippen molar-refractivity contribution in [2.24, 2.45) is 5.73 Å². The largest absolute Gasteiger partial charge is 0.573 e. The number of nitrogens with two attached hydrogens (primary N) is 1. The predicted octanol–water partition coefficient (Wildman–Crippen LogP) is 5.16. The normalized spacial score (nSPS) is 11.6. The maximum Gasteiger partial charge on any atom is 0.573 e. The van der Waals surface area contributed by atoms with E-state index in [1.807, 2.05) is 0 Å². The van der Waals surface area contributed by atoms with E-state index in [4.69, 9.17) is 15.2 Å². The molecule has 2 amide bonds. The van der Waals surface area contributed by atoms with Gasteiger partial charge in [0.2, 0.25) is 0 Å². The maximum absolute atomic E-state index is 13.6. The zero-order valence-electron chi connectivity index (χ0n) is 19.7. The fraction of sp³-hybridized carbons (Fsp3) is 0.217. The van der Waals surface area contributed by atoms with Crippen LogP contribution in [-0.2, 0) is 6.18 Å².